The van der Waals surface area contributed by atoms with E-state index in [-0.39, 0.29) is 16.6 Å². The monoisotopic (exact) mass is 241 g/mol. The second kappa shape index (κ2) is 4.70. The van der Waals surface area contributed by atoms with Crippen LogP contribution in [0.2, 0.25) is 5.15 Å². The Kier molecular flexibility index (Phi) is 3.75. The van der Waals surface area contributed by atoms with Crippen molar-refractivity contribution in [1.29, 1.82) is 0 Å². The lowest BCUT2D eigenvalue weighted by molar-refractivity contribution is 0.0911. The van der Waals surface area contributed by atoms with Crippen molar-refractivity contribution >= 4 is 23.2 Å². The molecule has 5 heteroatoms. The van der Waals surface area contributed by atoms with Crippen molar-refractivity contribution in [2.75, 3.05) is 5.73 Å². The molecule has 0 radical (unpaired) electrons. The highest BCUT2D eigenvalue weighted by molar-refractivity contribution is 6.32. The number of nitrogen functional groups attached to an aromatic ring is 1. The first-order valence-electron chi connectivity index (χ1n) is 5.09. The number of pyridine rings is 1. The SMILES string of the molecule is CCC(C)(C)NC(=O)c1cc(N)cnc1Cl. The van der Waals surface area contributed by atoms with E-state index in [1.807, 2.05) is 20.8 Å². The van der Waals surface area contributed by atoms with Crippen molar-refractivity contribution < 1.29 is 4.79 Å². The Hall–Kier alpha value is -1.29. The number of carbonyl (C=O) groups excluding carboxylic acids is 1. The van der Waals surface area contributed by atoms with Gasteiger partial charge in [-0.3, -0.25) is 4.79 Å². The van der Waals surface area contributed by atoms with Gasteiger partial charge in [-0.2, -0.15) is 0 Å². The van der Waals surface area contributed by atoms with Gasteiger partial charge in [0.25, 0.3) is 5.91 Å². The molecule has 1 aromatic heterocycles. The number of rotatable bonds is 3. The van der Waals surface area contributed by atoms with Crippen LogP contribution in [-0.2, 0) is 0 Å². The third kappa shape index (κ3) is 3.10. The molecule has 0 aromatic carbocycles. The number of amides is 1. The number of nitrogens with zero attached hydrogens (tertiary/aromatic N) is 1. The number of hydrogen-bond donors (Lipinski definition) is 2. The Bertz CT molecular complexity index is 404. The van der Waals surface area contributed by atoms with Crippen molar-refractivity contribution in [2.45, 2.75) is 32.7 Å². The summed E-state index contributed by atoms with van der Waals surface area (Å²) in [6.45, 7) is 5.89. The molecule has 1 heterocycles. The molecule has 3 N–H and O–H groups in total. The van der Waals surface area contributed by atoms with Gasteiger partial charge in [-0.05, 0) is 26.3 Å². The van der Waals surface area contributed by atoms with E-state index in [1.54, 1.807) is 0 Å². The van der Waals surface area contributed by atoms with E-state index in [4.69, 9.17) is 17.3 Å². The van der Waals surface area contributed by atoms with Crippen LogP contribution in [0.25, 0.3) is 0 Å². The third-order valence-electron chi connectivity index (χ3n) is 2.44. The summed E-state index contributed by atoms with van der Waals surface area (Å²) < 4.78 is 0. The van der Waals surface area contributed by atoms with Gasteiger partial charge in [-0.1, -0.05) is 18.5 Å². The van der Waals surface area contributed by atoms with Crippen molar-refractivity contribution in [3.8, 4) is 0 Å². The Morgan fingerprint density at radius 2 is 2.25 bits per heavy atom. The minimum absolute atomic E-state index is 0.165. The highest BCUT2D eigenvalue weighted by Gasteiger charge is 2.20. The van der Waals surface area contributed by atoms with E-state index in [1.165, 1.54) is 12.3 Å². The van der Waals surface area contributed by atoms with E-state index in [0.717, 1.165) is 6.42 Å². The molecule has 0 unspecified atom stereocenters. The molecule has 0 fully saturated rings. The van der Waals surface area contributed by atoms with Crippen molar-refractivity contribution in [1.82, 2.24) is 10.3 Å². The summed E-state index contributed by atoms with van der Waals surface area (Å²) in [5.41, 5.74) is 6.02. The minimum Gasteiger partial charge on any atom is -0.397 e. The van der Waals surface area contributed by atoms with Crippen molar-refractivity contribution in [3.63, 3.8) is 0 Å². The summed E-state index contributed by atoms with van der Waals surface area (Å²) >= 11 is 5.84. The van der Waals surface area contributed by atoms with Crippen LogP contribution in [0, 0.1) is 0 Å². The molecule has 0 aliphatic rings. The van der Waals surface area contributed by atoms with Crippen LogP contribution in [0.3, 0.4) is 0 Å². The molecular weight excluding hydrogens is 226 g/mol. The van der Waals surface area contributed by atoms with Crippen LogP contribution in [0.5, 0.6) is 0 Å². The Morgan fingerprint density at radius 1 is 1.62 bits per heavy atom. The average molecular weight is 242 g/mol. The first-order valence-corrected chi connectivity index (χ1v) is 5.47. The van der Waals surface area contributed by atoms with Gasteiger partial charge in [0, 0.05) is 5.54 Å². The van der Waals surface area contributed by atoms with E-state index in [0.29, 0.717) is 11.3 Å². The quantitative estimate of drug-likeness (QED) is 0.798. The Morgan fingerprint density at radius 3 is 2.81 bits per heavy atom. The van der Waals surface area contributed by atoms with Crippen LogP contribution in [-0.4, -0.2) is 16.4 Å². The first kappa shape index (κ1) is 12.8. The molecule has 0 aliphatic heterocycles. The van der Waals surface area contributed by atoms with E-state index < -0.39 is 0 Å². The molecule has 1 aromatic rings. The molecular formula is C11H16ClN3O. The van der Waals surface area contributed by atoms with Crippen LogP contribution >= 0.6 is 11.6 Å². The molecule has 16 heavy (non-hydrogen) atoms. The van der Waals surface area contributed by atoms with E-state index >= 15 is 0 Å². The van der Waals surface area contributed by atoms with Gasteiger partial charge >= 0.3 is 0 Å². The Balaban J connectivity index is 2.93. The van der Waals surface area contributed by atoms with Crippen LogP contribution < -0.4 is 11.1 Å². The molecule has 0 spiro atoms. The van der Waals surface area contributed by atoms with Gasteiger partial charge < -0.3 is 11.1 Å². The number of anilines is 1. The molecule has 0 aliphatic carbocycles. The molecule has 88 valence electrons. The predicted molar refractivity (Wildman–Crippen MR) is 65.5 cm³/mol. The number of halogens is 1. The highest BCUT2D eigenvalue weighted by atomic mass is 35.5. The third-order valence-corrected chi connectivity index (χ3v) is 2.74. The second-order valence-electron chi connectivity index (χ2n) is 4.30. The molecule has 4 nitrogen and oxygen atoms in total. The number of carbonyl (C=O) groups is 1. The lowest BCUT2D eigenvalue weighted by Crippen LogP contribution is -2.42. The fourth-order valence-corrected chi connectivity index (χ4v) is 1.28. The summed E-state index contributed by atoms with van der Waals surface area (Å²) in [6.07, 6.45) is 2.25. The maximum absolute atomic E-state index is 11.9. The zero-order valence-electron chi connectivity index (χ0n) is 9.67. The highest BCUT2D eigenvalue weighted by Crippen LogP contribution is 2.17. The zero-order chi connectivity index (χ0) is 12.3. The van der Waals surface area contributed by atoms with Gasteiger partial charge in [0.05, 0.1) is 17.4 Å². The zero-order valence-corrected chi connectivity index (χ0v) is 10.4. The van der Waals surface area contributed by atoms with Crippen molar-refractivity contribution in [3.05, 3.63) is 23.0 Å². The number of nitrogens with one attached hydrogen (secondary N) is 1. The molecule has 0 bridgehead atoms. The minimum atomic E-state index is -0.273. The summed E-state index contributed by atoms with van der Waals surface area (Å²) in [5, 5.41) is 3.04. The van der Waals surface area contributed by atoms with E-state index in [2.05, 4.69) is 10.3 Å². The van der Waals surface area contributed by atoms with Crippen LogP contribution in [0.4, 0.5) is 5.69 Å². The summed E-state index contributed by atoms with van der Waals surface area (Å²) in [6, 6.07) is 1.52. The molecule has 0 saturated carbocycles. The lowest BCUT2D eigenvalue weighted by atomic mass is 10.0. The number of aromatic nitrogens is 1. The fraction of sp³-hybridized carbons (Fsp3) is 0.455. The predicted octanol–water partition coefficient (Wildman–Crippen LogP) is 2.24. The number of hydrogen-bond acceptors (Lipinski definition) is 3. The van der Waals surface area contributed by atoms with Gasteiger partial charge in [0.2, 0.25) is 0 Å². The van der Waals surface area contributed by atoms with Gasteiger partial charge in [-0.25, -0.2) is 4.98 Å². The van der Waals surface area contributed by atoms with Gasteiger partial charge in [0.15, 0.2) is 0 Å². The topological polar surface area (TPSA) is 68.0 Å². The van der Waals surface area contributed by atoms with Crippen LogP contribution in [0.15, 0.2) is 12.3 Å². The van der Waals surface area contributed by atoms with E-state index in [9.17, 15) is 4.79 Å². The molecule has 0 saturated heterocycles. The van der Waals surface area contributed by atoms with Crippen LogP contribution in [0.1, 0.15) is 37.6 Å². The molecule has 0 atom stereocenters. The fourth-order valence-electron chi connectivity index (χ4n) is 1.09. The van der Waals surface area contributed by atoms with Gasteiger partial charge in [0.1, 0.15) is 5.15 Å². The normalized spacial score (nSPS) is 11.2. The second-order valence-corrected chi connectivity index (χ2v) is 4.66. The summed E-state index contributed by atoms with van der Waals surface area (Å²) in [7, 11) is 0. The largest absolute Gasteiger partial charge is 0.397 e. The Labute approximate surface area is 100 Å². The average Bonchev–Trinajstić information content (AvgIpc) is 2.21. The maximum atomic E-state index is 11.9. The van der Waals surface area contributed by atoms with Gasteiger partial charge in [-0.15, -0.1) is 0 Å². The first-order chi connectivity index (χ1) is 7.35. The summed E-state index contributed by atoms with van der Waals surface area (Å²) in [5.74, 6) is -0.253. The van der Waals surface area contributed by atoms with Crippen molar-refractivity contribution in [2.24, 2.45) is 0 Å². The lowest BCUT2D eigenvalue weighted by Gasteiger charge is -2.24. The standard InChI is InChI=1S/C11H16ClN3O/c1-4-11(2,3)15-10(16)8-5-7(13)6-14-9(8)12/h5-6H,4,13H2,1-3H3,(H,15,16). The molecule has 1 amide bonds. The smallest absolute Gasteiger partial charge is 0.254 e. The molecule has 1 rings (SSSR count). The number of nitrogens with two attached hydrogens (primary N) is 1. The summed E-state index contributed by atoms with van der Waals surface area (Å²) in [4.78, 5) is 15.7. The maximum Gasteiger partial charge on any atom is 0.254 e.